The molecule has 2 aromatic rings. The molecule has 1 fully saturated rings. The molecule has 0 atom stereocenters. The van der Waals surface area contributed by atoms with Crippen LogP contribution in [0, 0.1) is 12.8 Å². The molecule has 106 valence electrons. The van der Waals surface area contributed by atoms with Gasteiger partial charge in [-0.25, -0.2) is 4.68 Å². The number of hydrogen-bond acceptors (Lipinski definition) is 5. The van der Waals surface area contributed by atoms with E-state index in [4.69, 9.17) is 0 Å². The van der Waals surface area contributed by atoms with E-state index in [0.717, 1.165) is 36.9 Å². The Labute approximate surface area is 118 Å². The molecule has 6 nitrogen and oxygen atoms in total. The maximum absolute atomic E-state index is 3.93. The third kappa shape index (κ3) is 2.96. The molecule has 3 rings (SSSR count). The van der Waals surface area contributed by atoms with Gasteiger partial charge in [0.05, 0.1) is 5.69 Å². The van der Waals surface area contributed by atoms with E-state index >= 15 is 0 Å². The molecule has 1 aliphatic heterocycles. The fourth-order valence-electron chi connectivity index (χ4n) is 2.56. The third-order valence-electron chi connectivity index (χ3n) is 3.87. The largest absolute Gasteiger partial charge is 0.384 e. The minimum absolute atomic E-state index is 0.757. The van der Waals surface area contributed by atoms with Gasteiger partial charge in [-0.15, -0.1) is 5.10 Å². The number of tetrazole rings is 1. The average Bonchev–Trinajstić information content (AvgIpc) is 3.02. The predicted octanol–water partition coefficient (Wildman–Crippen LogP) is 1.38. The molecule has 0 unspecified atom stereocenters. The highest BCUT2D eigenvalue weighted by Gasteiger charge is 2.13. The summed E-state index contributed by atoms with van der Waals surface area (Å²) in [5, 5.41) is 18.3. The number of hydrogen-bond donors (Lipinski definition) is 2. The van der Waals surface area contributed by atoms with Crippen molar-refractivity contribution < 1.29 is 0 Å². The van der Waals surface area contributed by atoms with Crippen LogP contribution in [0.1, 0.15) is 18.4 Å². The molecule has 2 N–H and O–H groups in total. The zero-order valence-corrected chi connectivity index (χ0v) is 11.7. The third-order valence-corrected chi connectivity index (χ3v) is 3.87. The van der Waals surface area contributed by atoms with Crippen molar-refractivity contribution in [1.29, 1.82) is 0 Å². The molecule has 0 aliphatic carbocycles. The topological polar surface area (TPSA) is 67.7 Å². The lowest BCUT2D eigenvalue weighted by Crippen LogP contribution is -2.31. The van der Waals surface area contributed by atoms with E-state index in [2.05, 4.69) is 45.2 Å². The van der Waals surface area contributed by atoms with Crippen LogP contribution in [0.3, 0.4) is 0 Å². The van der Waals surface area contributed by atoms with Crippen LogP contribution in [0.4, 0.5) is 5.69 Å². The first-order chi connectivity index (χ1) is 9.83. The van der Waals surface area contributed by atoms with Gasteiger partial charge in [0.1, 0.15) is 6.33 Å². The van der Waals surface area contributed by atoms with Gasteiger partial charge in [-0.05, 0) is 66.9 Å². The number of nitrogens with one attached hydrogen (secondary N) is 2. The van der Waals surface area contributed by atoms with E-state index in [1.165, 1.54) is 18.4 Å². The summed E-state index contributed by atoms with van der Waals surface area (Å²) in [6, 6.07) is 6.23. The molecule has 6 heteroatoms. The Hall–Kier alpha value is -1.95. The van der Waals surface area contributed by atoms with Gasteiger partial charge in [0, 0.05) is 12.2 Å². The first-order valence-corrected chi connectivity index (χ1v) is 7.11. The van der Waals surface area contributed by atoms with Gasteiger partial charge in [0.15, 0.2) is 0 Å². The summed E-state index contributed by atoms with van der Waals surface area (Å²) in [6.45, 7) is 5.42. The Bertz CT molecular complexity index is 545. The minimum Gasteiger partial charge on any atom is -0.384 e. The SMILES string of the molecule is Cc1ccc(-n2cnnn2)cc1NCC1CCNCC1. The van der Waals surface area contributed by atoms with E-state index in [-0.39, 0.29) is 0 Å². The summed E-state index contributed by atoms with van der Waals surface area (Å²) in [6.07, 6.45) is 4.11. The van der Waals surface area contributed by atoms with E-state index in [0.29, 0.717) is 0 Å². The molecule has 1 saturated heterocycles. The van der Waals surface area contributed by atoms with Crippen molar-refractivity contribution in [3.05, 3.63) is 30.1 Å². The Morgan fingerprint density at radius 1 is 1.35 bits per heavy atom. The molecule has 0 spiro atoms. The van der Waals surface area contributed by atoms with Crippen LogP contribution >= 0.6 is 0 Å². The summed E-state index contributed by atoms with van der Waals surface area (Å²) in [4.78, 5) is 0. The first-order valence-electron chi connectivity index (χ1n) is 7.11. The quantitative estimate of drug-likeness (QED) is 0.880. The fourth-order valence-corrected chi connectivity index (χ4v) is 2.56. The molecule has 1 aromatic carbocycles. The van der Waals surface area contributed by atoms with Crippen molar-refractivity contribution in [3.8, 4) is 5.69 Å². The van der Waals surface area contributed by atoms with Crippen LogP contribution < -0.4 is 10.6 Å². The molecular weight excluding hydrogens is 252 g/mol. The molecular formula is C14H20N6. The molecule has 0 bridgehead atoms. The highest BCUT2D eigenvalue weighted by atomic mass is 15.5. The second-order valence-corrected chi connectivity index (χ2v) is 5.33. The number of anilines is 1. The Morgan fingerprint density at radius 3 is 2.95 bits per heavy atom. The van der Waals surface area contributed by atoms with Gasteiger partial charge in [-0.3, -0.25) is 0 Å². The van der Waals surface area contributed by atoms with E-state index in [1.54, 1.807) is 11.0 Å². The number of rotatable bonds is 4. The van der Waals surface area contributed by atoms with Crippen molar-refractivity contribution in [1.82, 2.24) is 25.5 Å². The lowest BCUT2D eigenvalue weighted by atomic mass is 9.98. The van der Waals surface area contributed by atoms with Crippen LogP contribution in [0.15, 0.2) is 24.5 Å². The number of aryl methyl sites for hydroxylation is 1. The summed E-state index contributed by atoms with van der Waals surface area (Å²) in [7, 11) is 0. The molecule has 0 saturated carbocycles. The van der Waals surface area contributed by atoms with Gasteiger partial charge in [-0.1, -0.05) is 6.07 Å². The molecule has 1 aliphatic rings. The van der Waals surface area contributed by atoms with Crippen molar-refractivity contribution in [2.45, 2.75) is 19.8 Å². The minimum atomic E-state index is 0.757. The molecule has 1 aromatic heterocycles. The van der Waals surface area contributed by atoms with Gasteiger partial charge < -0.3 is 10.6 Å². The monoisotopic (exact) mass is 272 g/mol. The maximum Gasteiger partial charge on any atom is 0.143 e. The lowest BCUT2D eigenvalue weighted by molar-refractivity contribution is 0.390. The standard InChI is InChI=1S/C14H20N6/c1-11-2-3-13(20-10-17-18-19-20)8-14(11)16-9-12-4-6-15-7-5-12/h2-3,8,10,12,15-16H,4-7,9H2,1H3. The number of piperidine rings is 1. The van der Waals surface area contributed by atoms with Crippen molar-refractivity contribution in [2.24, 2.45) is 5.92 Å². The Kier molecular flexibility index (Phi) is 3.92. The fraction of sp³-hybridized carbons (Fsp3) is 0.500. The van der Waals surface area contributed by atoms with Gasteiger partial charge in [-0.2, -0.15) is 0 Å². The van der Waals surface area contributed by atoms with E-state index in [9.17, 15) is 0 Å². The summed E-state index contributed by atoms with van der Waals surface area (Å²) in [5.41, 5.74) is 3.39. The molecule has 20 heavy (non-hydrogen) atoms. The number of aromatic nitrogens is 4. The number of benzene rings is 1. The second-order valence-electron chi connectivity index (χ2n) is 5.33. The predicted molar refractivity (Wildman–Crippen MR) is 78.0 cm³/mol. The van der Waals surface area contributed by atoms with Gasteiger partial charge in [0.2, 0.25) is 0 Å². The smallest absolute Gasteiger partial charge is 0.143 e. The second kappa shape index (κ2) is 6.00. The Morgan fingerprint density at radius 2 is 2.20 bits per heavy atom. The van der Waals surface area contributed by atoms with E-state index < -0.39 is 0 Å². The summed E-state index contributed by atoms with van der Waals surface area (Å²) in [5.74, 6) is 0.757. The molecule has 0 amide bonds. The van der Waals surface area contributed by atoms with E-state index in [1.807, 2.05) is 6.07 Å². The zero-order valence-electron chi connectivity index (χ0n) is 11.7. The van der Waals surface area contributed by atoms with Gasteiger partial charge >= 0.3 is 0 Å². The van der Waals surface area contributed by atoms with Crippen LogP contribution in [0.5, 0.6) is 0 Å². The lowest BCUT2D eigenvalue weighted by Gasteiger charge is -2.23. The Balaban J connectivity index is 1.70. The van der Waals surface area contributed by atoms with Crippen molar-refractivity contribution in [3.63, 3.8) is 0 Å². The van der Waals surface area contributed by atoms with Crippen LogP contribution in [0.25, 0.3) is 5.69 Å². The maximum atomic E-state index is 3.93. The number of nitrogens with zero attached hydrogens (tertiary/aromatic N) is 4. The summed E-state index contributed by atoms with van der Waals surface area (Å²) >= 11 is 0. The average molecular weight is 272 g/mol. The highest BCUT2D eigenvalue weighted by molar-refractivity contribution is 5.56. The molecule has 0 radical (unpaired) electrons. The van der Waals surface area contributed by atoms with Crippen LogP contribution in [-0.4, -0.2) is 39.8 Å². The normalized spacial score (nSPS) is 16.2. The summed E-state index contributed by atoms with van der Waals surface area (Å²) < 4.78 is 1.68. The molecule has 2 heterocycles. The van der Waals surface area contributed by atoms with Crippen LogP contribution in [0.2, 0.25) is 0 Å². The first kappa shape index (κ1) is 13.1. The van der Waals surface area contributed by atoms with Gasteiger partial charge in [0.25, 0.3) is 0 Å². The highest BCUT2D eigenvalue weighted by Crippen LogP contribution is 2.20. The van der Waals surface area contributed by atoms with Crippen molar-refractivity contribution in [2.75, 3.05) is 25.0 Å². The zero-order chi connectivity index (χ0) is 13.8. The van der Waals surface area contributed by atoms with Crippen molar-refractivity contribution >= 4 is 5.69 Å². The van der Waals surface area contributed by atoms with Crippen LogP contribution in [-0.2, 0) is 0 Å².